The number of nitrogens with one attached hydrogen (secondary N) is 1. The van der Waals surface area contributed by atoms with E-state index in [1.54, 1.807) is 41.7 Å². The van der Waals surface area contributed by atoms with Gasteiger partial charge in [0.05, 0.1) is 12.8 Å². The van der Waals surface area contributed by atoms with Crippen molar-refractivity contribution in [3.63, 3.8) is 0 Å². The normalized spacial score (nSPS) is 11.3. The van der Waals surface area contributed by atoms with Gasteiger partial charge in [0.15, 0.2) is 0 Å². The van der Waals surface area contributed by atoms with Crippen LogP contribution in [0, 0.1) is 6.92 Å². The molecule has 0 aliphatic heterocycles. The Balaban J connectivity index is 1.55. The topological polar surface area (TPSA) is 68.3 Å². The van der Waals surface area contributed by atoms with Gasteiger partial charge in [0, 0.05) is 27.2 Å². The van der Waals surface area contributed by atoms with Gasteiger partial charge in [0.1, 0.15) is 15.7 Å². The van der Waals surface area contributed by atoms with Crippen molar-refractivity contribution in [3.05, 3.63) is 82.7 Å². The first-order chi connectivity index (χ1) is 14.9. The number of hydrogen-bond acceptors (Lipinski definition) is 5. The number of benzene rings is 3. The molecule has 1 heterocycles. The van der Waals surface area contributed by atoms with Crippen LogP contribution >= 0.6 is 22.9 Å². The maximum atomic E-state index is 12.9. The fraction of sp³-hybridized carbons (Fsp3) is 0.0870. The Morgan fingerprint density at radius 1 is 0.968 bits per heavy atom. The summed E-state index contributed by atoms with van der Waals surface area (Å²) in [5.74, 6) is 0.298. The fourth-order valence-electron chi connectivity index (χ4n) is 3.04. The summed E-state index contributed by atoms with van der Waals surface area (Å²) in [6, 6.07) is 19.7. The highest BCUT2D eigenvalue weighted by atomic mass is 35.5. The fourth-order valence-corrected chi connectivity index (χ4v) is 5.32. The number of aromatic nitrogens is 1. The predicted octanol–water partition coefficient (Wildman–Crippen LogP) is 6.25. The molecule has 0 amide bonds. The minimum absolute atomic E-state index is 0.103. The summed E-state index contributed by atoms with van der Waals surface area (Å²) in [6.07, 6.45) is 0. The van der Waals surface area contributed by atoms with Crippen LogP contribution in [-0.2, 0) is 10.0 Å². The van der Waals surface area contributed by atoms with E-state index >= 15 is 0 Å². The van der Waals surface area contributed by atoms with E-state index in [0.717, 1.165) is 27.4 Å². The Hall–Kier alpha value is -2.87. The molecule has 0 aliphatic rings. The Morgan fingerprint density at radius 3 is 2.32 bits per heavy atom. The molecule has 0 bridgehead atoms. The first-order valence-corrected chi connectivity index (χ1v) is 12.1. The summed E-state index contributed by atoms with van der Waals surface area (Å²) < 4.78 is 33.5. The number of sulfonamides is 1. The molecule has 0 spiro atoms. The van der Waals surface area contributed by atoms with Crippen molar-refractivity contribution in [2.75, 3.05) is 11.8 Å². The van der Waals surface area contributed by atoms with Gasteiger partial charge >= 0.3 is 0 Å². The average molecular weight is 471 g/mol. The maximum Gasteiger partial charge on any atom is 0.265 e. The van der Waals surface area contributed by atoms with E-state index in [9.17, 15) is 8.42 Å². The highest BCUT2D eigenvalue weighted by molar-refractivity contribution is 7.92. The van der Waals surface area contributed by atoms with Gasteiger partial charge in [0.2, 0.25) is 0 Å². The molecule has 0 saturated heterocycles. The number of hydrogen-bond donors (Lipinski definition) is 1. The molecule has 4 rings (SSSR count). The van der Waals surface area contributed by atoms with Gasteiger partial charge in [-0.3, -0.25) is 4.72 Å². The second-order valence-corrected chi connectivity index (χ2v) is 9.83. The van der Waals surface area contributed by atoms with E-state index in [-0.39, 0.29) is 4.90 Å². The van der Waals surface area contributed by atoms with E-state index in [1.165, 1.54) is 7.11 Å². The van der Waals surface area contributed by atoms with Gasteiger partial charge in [-0.25, -0.2) is 13.4 Å². The third kappa shape index (κ3) is 4.74. The van der Waals surface area contributed by atoms with Crippen LogP contribution in [0.2, 0.25) is 5.02 Å². The third-order valence-electron chi connectivity index (χ3n) is 4.64. The highest BCUT2D eigenvalue weighted by Crippen LogP contribution is 2.31. The van der Waals surface area contributed by atoms with Gasteiger partial charge in [-0.2, -0.15) is 0 Å². The summed E-state index contributed by atoms with van der Waals surface area (Å²) >= 11 is 7.49. The molecule has 31 heavy (non-hydrogen) atoms. The molecule has 0 saturated carbocycles. The first-order valence-electron chi connectivity index (χ1n) is 9.35. The van der Waals surface area contributed by atoms with Crippen molar-refractivity contribution in [2.24, 2.45) is 0 Å². The standard InChI is InChI=1S/C23H19ClN2O3S2/c1-15-3-12-21(29-2)22(13-15)31(27,28)26-19-10-6-16(7-11-19)20-14-30-23(25-20)17-4-8-18(24)9-5-17/h3-14,26H,1-2H3. The van der Waals surface area contributed by atoms with Crippen molar-refractivity contribution in [1.82, 2.24) is 4.98 Å². The summed E-state index contributed by atoms with van der Waals surface area (Å²) in [7, 11) is -2.34. The minimum Gasteiger partial charge on any atom is -0.495 e. The number of halogens is 1. The summed E-state index contributed by atoms with van der Waals surface area (Å²) in [5, 5.41) is 3.55. The Kier molecular flexibility index (Phi) is 6.00. The van der Waals surface area contributed by atoms with Crippen LogP contribution < -0.4 is 9.46 Å². The van der Waals surface area contributed by atoms with E-state index in [4.69, 9.17) is 16.3 Å². The lowest BCUT2D eigenvalue weighted by Gasteiger charge is -2.12. The maximum absolute atomic E-state index is 12.9. The van der Waals surface area contributed by atoms with E-state index in [0.29, 0.717) is 16.5 Å². The number of aryl methyl sites for hydroxylation is 1. The monoisotopic (exact) mass is 470 g/mol. The molecule has 3 aromatic carbocycles. The number of methoxy groups -OCH3 is 1. The Labute approximate surface area is 190 Å². The van der Waals surface area contributed by atoms with Crippen LogP contribution in [0.3, 0.4) is 0 Å². The molecule has 1 aromatic heterocycles. The van der Waals surface area contributed by atoms with Crippen molar-refractivity contribution in [1.29, 1.82) is 0 Å². The minimum atomic E-state index is -3.79. The molecule has 0 atom stereocenters. The van der Waals surface area contributed by atoms with E-state index in [1.807, 2.05) is 48.7 Å². The van der Waals surface area contributed by atoms with E-state index < -0.39 is 10.0 Å². The van der Waals surface area contributed by atoms with Gasteiger partial charge < -0.3 is 4.74 Å². The second kappa shape index (κ2) is 8.70. The molecular formula is C23H19ClN2O3S2. The zero-order chi connectivity index (χ0) is 22.0. The number of anilines is 1. The van der Waals surface area contributed by atoms with Crippen LogP contribution in [0.1, 0.15) is 5.56 Å². The SMILES string of the molecule is COc1ccc(C)cc1S(=O)(=O)Nc1ccc(-c2csc(-c3ccc(Cl)cc3)n2)cc1. The Morgan fingerprint density at radius 2 is 1.65 bits per heavy atom. The van der Waals surface area contributed by atoms with Crippen LogP contribution in [0.4, 0.5) is 5.69 Å². The number of thiazole rings is 1. The van der Waals surface area contributed by atoms with Gasteiger partial charge in [0.25, 0.3) is 10.0 Å². The van der Waals surface area contributed by atoms with Crippen molar-refractivity contribution >= 4 is 38.6 Å². The van der Waals surface area contributed by atoms with Crippen LogP contribution in [0.15, 0.2) is 77.0 Å². The van der Waals surface area contributed by atoms with Crippen LogP contribution in [0.25, 0.3) is 21.8 Å². The molecule has 1 N–H and O–H groups in total. The van der Waals surface area contributed by atoms with Crippen molar-refractivity contribution < 1.29 is 13.2 Å². The third-order valence-corrected chi connectivity index (χ3v) is 7.18. The first kappa shape index (κ1) is 21.4. The van der Waals surface area contributed by atoms with Crippen LogP contribution in [0.5, 0.6) is 5.75 Å². The van der Waals surface area contributed by atoms with Gasteiger partial charge in [-0.05, 0) is 48.9 Å². The van der Waals surface area contributed by atoms with Gasteiger partial charge in [-0.15, -0.1) is 11.3 Å². The molecule has 4 aromatic rings. The quantitative estimate of drug-likeness (QED) is 0.361. The summed E-state index contributed by atoms with van der Waals surface area (Å²) in [5.41, 5.74) is 4.01. The molecule has 5 nitrogen and oxygen atoms in total. The lowest BCUT2D eigenvalue weighted by molar-refractivity contribution is 0.402. The molecule has 0 unspecified atom stereocenters. The largest absolute Gasteiger partial charge is 0.495 e. The molecule has 8 heteroatoms. The number of ether oxygens (including phenoxy) is 1. The number of nitrogens with zero attached hydrogens (tertiary/aromatic N) is 1. The zero-order valence-electron chi connectivity index (χ0n) is 16.8. The smallest absolute Gasteiger partial charge is 0.265 e. The Bertz CT molecular complexity index is 1320. The van der Waals surface area contributed by atoms with Crippen molar-refractivity contribution in [2.45, 2.75) is 11.8 Å². The molecule has 0 radical (unpaired) electrons. The molecular weight excluding hydrogens is 452 g/mol. The lowest BCUT2D eigenvalue weighted by Crippen LogP contribution is -2.14. The number of rotatable bonds is 6. The molecule has 158 valence electrons. The lowest BCUT2D eigenvalue weighted by atomic mass is 10.1. The highest BCUT2D eigenvalue weighted by Gasteiger charge is 2.20. The van der Waals surface area contributed by atoms with E-state index in [2.05, 4.69) is 9.71 Å². The second-order valence-electron chi connectivity index (χ2n) is 6.88. The summed E-state index contributed by atoms with van der Waals surface area (Å²) in [6.45, 7) is 1.83. The van der Waals surface area contributed by atoms with Gasteiger partial charge in [-0.1, -0.05) is 41.9 Å². The molecule has 0 aliphatic carbocycles. The zero-order valence-corrected chi connectivity index (χ0v) is 19.2. The van der Waals surface area contributed by atoms with Crippen LogP contribution in [-0.4, -0.2) is 20.5 Å². The average Bonchev–Trinajstić information content (AvgIpc) is 3.25. The van der Waals surface area contributed by atoms with Crippen molar-refractivity contribution in [3.8, 4) is 27.6 Å². The molecule has 0 fully saturated rings. The summed E-state index contributed by atoms with van der Waals surface area (Å²) in [4.78, 5) is 4.79. The predicted molar refractivity (Wildman–Crippen MR) is 127 cm³/mol.